The van der Waals surface area contributed by atoms with E-state index in [9.17, 15) is 18.3 Å². The molecule has 2 aromatic heterocycles. The van der Waals surface area contributed by atoms with Crippen molar-refractivity contribution >= 4 is 44.4 Å². The summed E-state index contributed by atoms with van der Waals surface area (Å²) in [5, 5.41) is 14.1. The highest BCUT2D eigenvalue weighted by Crippen LogP contribution is 2.23. The van der Waals surface area contributed by atoms with E-state index < -0.39 is 28.3 Å². The number of carbonyl (C=O) groups excluding carboxylic acids is 1. The van der Waals surface area contributed by atoms with E-state index in [-0.39, 0.29) is 42.9 Å². The van der Waals surface area contributed by atoms with Crippen LogP contribution in [0, 0.1) is 5.92 Å². The molecule has 0 aliphatic rings. The number of nitrogens with zero attached hydrogens (tertiary/aromatic N) is 3. The van der Waals surface area contributed by atoms with Crippen molar-refractivity contribution in [3.63, 3.8) is 0 Å². The lowest BCUT2D eigenvalue weighted by atomic mass is 10.0. The Hall–Kier alpha value is -3.52. The number of carbonyl (C=O) groups is 1. The Balaban J connectivity index is 1.55. The van der Waals surface area contributed by atoms with Crippen LogP contribution in [0.2, 0.25) is 0 Å². The van der Waals surface area contributed by atoms with Crippen molar-refractivity contribution in [2.24, 2.45) is 5.92 Å². The number of thiazole rings is 1. The highest BCUT2D eigenvalue weighted by Gasteiger charge is 2.32. The van der Waals surface area contributed by atoms with Gasteiger partial charge >= 0.3 is 6.09 Å². The number of H-pyrrole nitrogens is 1. The summed E-state index contributed by atoms with van der Waals surface area (Å²) < 4.78 is 34.0. The number of ether oxygens (including phenoxy) is 1. The highest BCUT2D eigenvalue weighted by molar-refractivity contribution is 7.89. The number of nitrogen functional groups attached to an aromatic ring is 1. The molecule has 0 radical (unpaired) electrons. The molecule has 13 heteroatoms. The van der Waals surface area contributed by atoms with E-state index in [1.165, 1.54) is 27.8 Å². The van der Waals surface area contributed by atoms with Crippen LogP contribution in [-0.2, 0) is 27.8 Å². The third-order valence-corrected chi connectivity index (χ3v) is 8.54. The van der Waals surface area contributed by atoms with Gasteiger partial charge in [-0.25, -0.2) is 18.2 Å². The van der Waals surface area contributed by atoms with Gasteiger partial charge in [0, 0.05) is 19.3 Å². The van der Waals surface area contributed by atoms with Crippen molar-refractivity contribution < 1.29 is 23.1 Å². The monoisotopic (exact) mass is 572 g/mol. The maximum atomic E-state index is 13.7. The Bertz CT molecular complexity index is 1480. The largest absolute Gasteiger partial charge is 0.444 e. The molecule has 0 fully saturated rings. The summed E-state index contributed by atoms with van der Waals surface area (Å²) in [6, 6.07) is 13.0. The fourth-order valence-corrected chi connectivity index (χ4v) is 6.28. The molecule has 5 N–H and O–H groups in total. The summed E-state index contributed by atoms with van der Waals surface area (Å²) in [5.41, 5.74) is 9.26. The first-order valence-electron chi connectivity index (χ1n) is 12.4. The minimum Gasteiger partial charge on any atom is -0.444 e. The summed E-state index contributed by atoms with van der Waals surface area (Å²) in [5.74, 6) is 0.162. The van der Waals surface area contributed by atoms with Crippen LogP contribution in [0.5, 0.6) is 0 Å². The second-order valence-electron chi connectivity index (χ2n) is 9.57. The molecular formula is C26H32N6O5S2. The SMILES string of the molecule is CC(C)CN(C[C@@H](O)[C@H](Cc1ccccc1)NC(=O)OCc1cncs1)S(=O)(=O)c1ccc2nc(N)[nH]c2c1. The number of nitrogens with two attached hydrogens (primary N) is 1. The van der Waals surface area contributed by atoms with Crippen molar-refractivity contribution in [2.75, 3.05) is 18.8 Å². The number of aliphatic hydroxyl groups excluding tert-OH is 1. The van der Waals surface area contributed by atoms with Crippen LogP contribution in [0.25, 0.3) is 11.0 Å². The van der Waals surface area contributed by atoms with Crippen molar-refractivity contribution in [3.8, 4) is 0 Å². The zero-order valence-electron chi connectivity index (χ0n) is 21.6. The zero-order valence-corrected chi connectivity index (χ0v) is 23.3. The number of sulfonamides is 1. The first-order chi connectivity index (χ1) is 18.6. The van der Waals surface area contributed by atoms with E-state index in [4.69, 9.17) is 10.5 Å². The molecule has 0 spiro atoms. The molecule has 0 saturated carbocycles. The lowest BCUT2D eigenvalue weighted by molar-refractivity contribution is 0.0876. The Morgan fingerprint density at radius 2 is 1.97 bits per heavy atom. The number of imidazole rings is 1. The van der Waals surface area contributed by atoms with Gasteiger partial charge in [0.2, 0.25) is 10.0 Å². The molecule has 0 aliphatic heterocycles. The first-order valence-corrected chi connectivity index (χ1v) is 14.7. The van der Waals surface area contributed by atoms with Crippen LogP contribution in [0.4, 0.5) is 10.7 Å². The topological polar surface area (TPSA) is 164 Å². The number of benzene rings is 2. The van der Waals surface area contributed by atoms with Gasteiger partial charge in [-0.05, 0) is 36.1 Å². The fourth-order valence-electron chi connectivity index (χ4n) is 4.13. The van der Waals surface area contributed by atoms with Gasteiger partial charge < -0.3 is 25.9 Å². The summed E-state index contributed by atoms with van der Waals surface area (Å²) >= 11 is 1.36. The van der Waals surface area contributed by atoms with Crippen molar-refractivity contribution in [1.29, 1.82) is 0 Å². The molecule has 2 heterocycles. The first kappa shape index (κ1) is 28.5. The molecule has 1 amide bonds. The van der Waals surface area contributed by atoms with Crippen LogP contribution >= 0.6 is 11.3 Å². The second-order valence-corrected chi connectivity index (χ2v) is 12.5. The molecule has 0 bridgehead atoms. The molecule has 208 valence electrons. The van der Waals surface area contributed by atoms with Crippen LogP contribution in [0.3, 0.4) is 0 Å². The third kappa shape index (κ3) is 7.53. The molecule has 0 saturated heterocycles. The van der Waals surface area contributed by atoms with Crippen LogP contribution in [0.15, 0.2) is 65.1 Å². The maximum absolute atomic E-state index is 13.7. The van der Waals surface area contributed by atoms with E-state index >= 15 is 0 Å². The number of alkyl carbamates (subject to hydrolysis) is 1. The van der Waals surface area contributed by atoms with Crippen LogP contribution < -0.4 is 11.1 Å². The molecule has 2 atom stereocenters. The van der Waals surface area contributed by atoms with Crippen molar-refractivity contribution in [2.45, 2.75) is 43.9 Å². The number of aliphatic hydroxyl groups is 1. The Morgan fingerprint density at radius 1 is 1.21 bits per heavy atom. The number of aromatic amines is 1. The summed E-state index contributed by atoms with van der Waals surface area (Å²) in [6.07, 6.45) is -0.0741. The standard InChI is InChI=1S/C26H32N6O5S2/c1-17(2)13-32(39(35,36)20-8-9-21-22(11-20)30-25(27)29-21)14-24(33)23(10-18-6-4-3-5-7-18)31-26(34)37-15-19-12-28-16-38-19/h3-9,11-12,16-17,23-24,33H,10,13-15H2,1-2H3,(H,31,34)(H3,27,29,30)/t23-,24+/m0/s1. The number of hydrogen-bond acceptors (Lipinski definition) is 9. The lowest BCUT2D eigenvalue weighted by Gasteiger charge is -2.30. The minimum absolute atomic E-state index is 0.0246. The van der Waals surface area contributed by atoms with E-state index in [1.54, 1.807) is 17.8 Å². The van der Waals surface area contributed by atoms with Gasteiger partial charge in [0.1, 0.15) is 6.61 Å². The Morgan fingerprint density at radius 3 is 2.67 bits per heavy atom. The van der Waals surface area contributed by atoms with Gasteiger partial charge in [0.15, 0.2) is 5.95 Å². The highest BCUT2D eigenvalue weighted by atomic mass is 32.2. The molecule has 0 unspecified atom stereocenters. The number of rotatable bonds is 12. The van der Waals surface area contributed by atoms with E-state index in [0.717, 1.165) is 10.4 Å². The van der Waals surface area contributed by atoms with Crippen molar-refractivity contribution in [1.82, 2.24) is 24.6 Å². The van der Waals surface area contributed by atoms with E-state index in [2.05, 4.69) is 20.3 Å². The normalized spacial score (nSPS) is 13.6. The van der Waals surface area contributed by atoms with Gasteiger partial charge in [-0.3, -0.25) is 4.98 Å². The van der Waals surface area contributed by atoms with E-state index in [1.807, 2.05) is 44.2 Å². The quantitative estimate of drug-likeness (QED) is 0.201. The molecule has 39 heavy (non-hydrogen) atoms. The summed E-state index contributed by atoms with van der Waals surface area (Å²) in [4.78, 5) is 24.4. The van der Waals surface area contributed by atoms with Crippen molar-refractivity contribution in [3.05, 3.63) is 70.7 Å². The van der Waals surface area contributed by atoms with Gasteiger partial charge in [-0.2, -0.15) is 4.31 Å². The second kappa shape index (κ2) is 12.6. The predicted molar refractivity (Wildman–Crippen MR) is 149 cm³/mol. The maximum Gasteiger partial charge on any atom is 0.407 e. The molecule has 11 nitrogen and oxygen atoms in total. The van der Waals surface area contributed by atoms with Gasteiger partial charge in [-0.1, -0.05) is 44.2 Å². The minimum atomic E-state index is -4.01. The Labute approximate surface area is 231 Å². The third-order valence-electron chi connectivity index (χ3n) is 5.96. The molecule has 2 aromatic carbocycles. The predicted octanol–water partition coefficient (Wildman–Crippen LogP) is 3.15. The number of aromatic nitrogens is 3. The number of nitrogens with one attached hydrogen (secondary N) is 2. The van der Waals surface area contributed by atoms with E-state index in [0.29, 0.717) is 11.0 Å². The number of hydrogen-bond donors (Lipinski definition) is 4. The summed E-state index contributed by atoms with van der Waals surface area (Å²) in [7, 11) is -4.01. The lowest BCUT2D eigenvalue weighted by Crippen LogP contribution is -2.51. The van der Waals surface area contributed by atoms with Gasteiger partial charge in [0.05, 0.1) is 38.5 Å². The number of anilines is 1. The number of amides is 1. The van der Waals surface area contributed by atoms with Gasteiger partial charge in [0.25, 0.3) is 0 Å². The Kier molecular flexibility index (Phi) is 9.17. The zero-order chi connectivity index (χ0) is 28.0. The molecular weight excluding hydrogens is 540 g/mol. The van der Waals surface area contributed by atoms with Crippen LogP contribution in [0.1, 0.15) is 24.3 Å². The van der Waals surface area contributed by atoms with Crippen LogP contribution in [-0.4, -0.2) is 64.1 Å². The number of fused-ring (bicyclic) bond motifs is 1. The summed E-state index contributed by atoms with van der Waals surface area (Å²) in [6.45, 7) is 3.75. The molecule has 4 rings (SSSR count). The smallest absolute Gasteiger partial charge is 0.407 e. The molecule has 4 aromatic rings. The van der Waals surface area contributed by atoms with Gasteiger partial charge in [-0.15, -0.1) is 11.3 Å². The average molecular weight is 573 g/mol. The average Bonchev–Trinajstić information content (AvgIpc) is 3.55. The molecule has 0 aliphatic carbocycles. The fraction of sp³-hybridized carbons (Fsp3) is 0.346.